The molecule has 6 heteroatoms. The molecule has 6 rings (SSSR count). The summed E-state index contributed by atoms with van der Waals surface area (Å²) >= 11 is 0. The molecule has 6 nitrogen and oxygen atoms in total. The number of benzene rings is 2. The van der Waals surface area contributed by atoms with Gasteiger partial charge in [-0.25, -0.2) is 4.98 Å². The number of piperidine rings is 1. The Labute approximate surface area is 217 Å². The maximum atomic E-state index is 6.37. The third-order valence-corrected chi connectivity index (χ3v) is 7.18. The van der Waals surface area contributed by atoms with Gasteiger partial charge in [0.25, 0.3) is 0 Å². The van der Waals surface area contributed by atoms with E-state index in [0.717, 1.165) is 39.7 Å². The molecular weight excluding hydrogens is 456 g/mol. The number of hydrogen-bond acceptors (Lipinski definition) is 5. The molecule has 0 bridgehead atoms. The minimum Gasteiger partial charge on any atom is -0.396 e. The molecule has 1 saturated heterocycles. The average Bonchev–Trinajstić information content (AvgIpc) is 3.32. The van der Waals surface area contributed by atoms with Gasteiger partial charge in [-0.2, -0.15) is 0 Å². The molecular formula is C31H32N6. The van der Waals surface area contributed by atoms with E-state index in [1.165, 1.54) is 49.0 Å². The van der Waals surface area contributed by atoms with Crippen LogP contribution in [0.2, 0.25) is 0 Å². The van der Waals surface area contributed by atoms with Crippen molar-refractivity contribution in [3.8, 4) is 11.1 Å². The standard InChI is InChI=1S/C31H32N6/c32-28(19-33-17-22-7-3-1-4-8-22)29-16-26-27-15-25(18-35-31(27)36-30(26)20-34-29)24-11-9-23(10-12-24)21-37-13-5-2-6-14-37/h1,3-4,7-12,15-16,18-20,33H,2,5-6,13-14,17,21,32H2,(H,35,36)/b28-19-. The van der Waals surface area contributed by atoms with Gasteiger partial charge in [-0.1, -0.05) is 61.0 Å². The van der Waals surface area contributed by atoms with Gasteiger partial charge in [-0.3, -0.25) is 9.88 Å². The zero-order valence-corrected chi connectivity index (χ0v) is 21.0. The maximum absolute atomic E-state index is 6.37. The molecule has 0 aliphatic carbocycles. The van der Waals surface area contributed by atoms with Gasteiger partial charge in [0.15, 0.2) is 0 Å². The first-order chi connectivity index (χ1) is 18.2. The smallest absolute Gasteiger partial charge is 0.138 e. The molecule has 1 fully saturated rings. The van der Waals surface area contributed by atoms with Crippen LogP contribution in [0.3, 0.4) is 0 Å². The third-order valence-electron chi connectivity index (χ3n) is 7.18. The number of rotatable bonds is 7. The molecule has 0 unspecified atom stereocenters. The van der Waals surface area contributed by atoms with Crippen LogP contribution < -0.4 is 11.1 Å². The second-order valence-corrected chi connectivity index (χ2v) is 9.86. The molecule has 3 aromatic heterocycles. The Kier molecular flexibility index (Phi) is 6.57. The highest BCUT2D eigenvalue weighted by atomic mass is 15.1. The zero-order chi connectivity index (χ0) is 25.0. The summed E-state index contributed by atoms with van der Waals surface area (Å²) in [4.78, 5) is 15.2. The molecule has 2 aromatic carbocycles. The van der Waals surface area contributed by atoms with Crippen LogP contribution in [0, 0.1) is 0 Å². The van der Waals surface area contributed by atoms with Crippen LogP contribution in [0.4, 0.5) is 0 Å². The second-order valence-electron chi connectivity index (χ2n) is 9.86. The van der Waals surface area contributed by atoms with E-state index >= 15 is 0 Å². The highest BCUT2D eigenvalue weighted by Crippen LogP contribution is 2.29. The number of nitrogens with one attached hydrogen (secondary N) is 2. The first kappa shape index (κ1) is 23.3. The molecule has 0 amide bonds. The third kappa shape index (κ3) is 5.20. The SMILES string of the molecule is N/C(=C\NCc1ccccc1)c1cc2c(cn1)[nH]c1ncc(-c3ccc(CN4CCCCC4)cc3)cc12. The van der Waals surface area contributed by atoms with Crippen molar-refractivity contribution < 1.29 is 0 Å². The average molecular weight is 489 g/mol. The van der Waals surface area contributed by atoms with Gasteiger partial charge >= 0.3 is 0 Å². The molecule has 4 heterocycles. The van der Waals surface area contributed by atoms with Gasteiger partial charge in [0.2, 0.25) is 0 Å². The normalized spacial score (nSPS) is 14.9. The van der Waals surface area contributed by atoms with Gasteiger partial charge in [0, 0.05) is 41.8 Å². The number of H-pyrrole nitrogens is 1. The fraction of sp³-hybridized carbons (Fsp3) is 0.226. The molecule has 37 heavy (non-hydrogen) atoms. The van der Waals surface area contributed by atoms with Crippen LogP contribution in [0.15, 0.2) is 85.3 Å². The molecule has 4 N–H and O–H groups in total. The number of hydrogen-bond donors (Lipinski definition) is 3. The van der Waals surface area contributed by atoms with Crippen LogP contribution >= 0.6 is 0 Å². The summed E-state index contributed by atoms with van der Waals surface area (Å²) in [6.07, 6.45) is 9.59. The lowest BCUT2D eigenvalue weighted by Gasteiger charge is -2.26. The maximum Gasteiger partial charge on any atom is 0.138 e. The predicted molar refractivity (Wildman–Crippen MR) is 151 cm³/mol. The summed E-state index contributed by atoms with van der Waals surface area (Å²) in [7, 11) is 0. The predicted octanol–water partition coefficient (Wildman–Crippen LogP) is 5.81. The van der Waals surface area contributed by atoms with E-state index in [0.29, 0.717) is 12.2 Å². The zero-order valence-electron chi connectivity index (χ0n) is 21.0. The van der Waals surface area contributed by atoms with Gasteiger partial charge < -0.3 is 16.0 Å². The largest absolute Gasteiger partial charge is 0.396 e. The summed E-state index contributed by atoms with van der Waals surface area (Å²) in [5, 5.41) is 5.42. The van der Waals surface area contributed by atoms with Gasteiger partial charge in [0.05, 0.1) is 23.1 Å². The van der Waals surface area contributed by atoms with Gasteiger partial charge in [-0.05, 0) is 54.8 Å². The topological polar surface area (TPSA) is 82.9 Å². The molecule has 5 aromatic rings. The van der Waals surface area contributed by atoms with Crippen molar-refractivity contribution in [2.45, 2.75) is 32.4 Å². The first-order valence-corrected chi connectivity index (χ1v) is 13.1. The Bertz CT molecular complexity index is 1530. The molecule has 0 radical (unpaired) electrons. The molecule has 1 aliphatic rings. The highest BCUT2D eigenvalue weighted by molar-refractivity contribution is 6.07. The van der Waals surface area contributed by atoms with E-state index in [2.05, 4.69) is 62.6 Å². The van der Waals surface area contributed by atoms with Crippen LogP contribution in [0.1, 0.15) is 36.1 Å². The van der Waals surface area contributed by atoms with E-state index in [9.17, 15) is 0 Å². The minimum atomic E-state index is 0.598. The minimum absolute atomic E-state index is 0.598. The summed E-state index contributed by atoms with van der Waals surface area (Å²) in [6, 6.07) is 23.4. The Morgan fingerprint density at radius 3 is 2.49 bits per heavy atom. The van der Waals surface area contributed by atoms with Crippen molar-refractivity contribution in [3.05, 3.63) is 102 Å². The number of pyridine rings is 2. The fourth-order valence-corrected chi connectivity index (χ4v) is 5.12. The van der Waals surface area contributed by atoms with Gasteiger partial charge in [0.1, 0.15) is 5.65 Å². The Balaban J connectivity index is 1.23. The number of likely N-dealkylation sites (tertiary alicyclic amines) is 1. The molecule has 0 atom stereocenters. The van der Waals surface area contributed by atoms with Crippen LogP contribution in [0.25, 0.3) is 38.8 Å². The van der Waals surface area contributed by atoms with E-state index in [1.807, 2.05) is 42.9 Å². The summed E-state index contributed by atoms with van der Waals surface area (Å²) in [5.41, 5.74) is 14.3. The molecule has 186 valence electrons. The first-order valence-electron chi connectivity index (χ1n) is 13.1. The summed E-state index contributed by atoms with van der Waals surface area (Å²) in [6.45, 7) is 4.16. The monoisotopic (exact) mass is 488 g/mol. The summed E-state index contributed by atoms with van der Waals surface area (Å²) in [5.74, 6) is 0. The quantitative estimate of drug-likeness (QED) is 0.269. The molecule has 1 aliphatic heterocycles. The Hall–Kier alpha value is -4.16. The molecule has 0 saturated carbocycles. The summed E-state index contributed by atoms with van der Waals surface area (Å²) < 4.78 is 0. The Morgan fingerprint density at radius 2 is 1.68 bits per heavy atom. The fourth-order valence-electron chi connectivity index (χ4n) is 5.12. The van der Waals surface area contributed by atoms with E-state index in [4.69, 9.17) is 10.7 Å². The highest BCUT2D eigenvalue weighted by Gasteiger charge is 2.12. The number of aromatic nitrogens is 3. The lowest BCUT2D eigenvalue weighted by Crippen LogP contribution is -2.28. The number of nitrogens with two attached hydrogens (primary N) is 1. The molecule has 0 spiro atoms. The van der Waals surface area contributed by atoms with Crippen LogP contribution in [0.5, 0.6) is 0 Å². The van der Waals surface area contributed by atoms with Crippen molar-refractivity contribution in [1.82, 2.24) is 25.2 Å². The second kappa shape index (κ2) is 10.4. The lowest BCUT2D eigenvalue weighted by atomic mass is 10.0. The van der Waals surface area contributed by atoms with Crippen molar-refractivity contribution >= 4 is 27.6 Å². The number of fused-ring (bicyclic) bond motifs is 3. The van der Waals surface area contributed by atoms with E-state index in [1.54, 1.807) is 0 Å². The van der Waals surface area contributed by atoms with Crippen LogP contribution in [-0.4, -0.2) is 32.9 Å². The van der Waals surface area contributed by atoms with Crippen molar-refractivity contribution in [1.29, 1.82) is 0 Å². The number of aromatic amines is 1. The van der Waals surface area contributed by atoms with Crippen molar-refractivity contribution in [3.63, 3.8) is 0 Å². The van der Waals surface area contributed by atoms with Crippen molar-refractivity contribution in [2.75, 3.05) is 13.1 Å². The van der Waals surface area contributed by atoms with E-state index < -0.39 is 0 Å². The Morgan fingerprint density at radius 1 is 0.865 bits per heavy atom. The lowest BCUT2D eigenvalue weighted by molar-refractivity contribution is 0.221. The number of nitrogens with zero attached hydrogens (tertiary/aromatic N) is 3. The van der Waals surface area contributed by atoms with E-state index in [-0.39, 0.29) is 0 Å². The van der Waals surface area contributed by atoms with Crippen molar-refractivity contribution in [2.24, 2.45) is 5.73 Å². The van der Waals surface area contributed by atoms with Gasteiger partial charge in [-0.15, -0.1) is 0 Å². The van der Waals surface area contributed by atoms with Crippen LogP contribution in [-0.2, 0) is 13.1 Å².